The van der Waals surface area contributed by atoms with Crippen LogP contribution in [0.25, 0.3) is 0 Å². The lowest BCUT2D eigenvalue weighted by molar-refractivity contribution is -0.132. The summed E-state index contributed by atoms with van der Waals surface area (Å²) in [6.45, 7) is 0. The summed E-state index contributed by atoms with van der Waals surface area (Å²) in [5, 5.41) is 11.8. The Bertz CT molecular complexity index is 743. The van der Waals surface area contributed by atoms with Crippen LogP contribution in [0, 0.1) is 23.3 Å². The van der Waals surface area contributed by atoms with E-state index in [9.17, 15) is 27.2 Å². The molecule has 1 aromatic rings. The monoisotopic (exact) mass is 346 g/mol. The van der Waals surface area contributed by atoms with Gasteiger partial charge in [-0.3, -0.25) is 4.79 Å². The average Bonchev–Trinajstić information content (AvgIpc) is 3.31. The van der Waals surface area contributed by atoms with E-state index in [0.29, 0.717) is 0 Å². The number of carbonyl (C=O) groups is 2. The number of hydrogen-bond donors (Lipinski definition) is 2. The van der Waals surface area contributed by atoms with Gasteiger partial charge in [0.2, 0.25) is 5.78 Å². The molecule has 1 saturated carbocycles. The van der Waals surface area contributed by atoms with Gasteiger partial charge in [0.25, 0.3) is 0 Å². The molecule has 2 rings (SSSR count). The van der Waals surface area contributed by atoms with Crippen molar-refractivity contribution in [1.82, 2.24) is 5.32 Å². The maximum Gasteiger partial charge on any atom is 0.341 e. The number of benzene rings is 1. The largest absolute Gasteiger partial charge is 0.477 e. The number of hydrogen-bond acceptors (Lipinski definition) is 4. The molecule has 1 aromatic carbocycles. The van der Waals surface area contributed by atoms with Gasteiger partial charge in [-0.05, 0) is 12.8 Å². The topological polar surface area (TPSA) is 69.6 Å². The SMILES string of the molecule is CN(C)c1c(F)c(F)c(F)c(F)c1C(=O)C(=CNC1CC1)C(=O)O. The number of aliphatic carboxylic acids is 1. The van der Waals surface area contributed by atoms with Crippen molar-refractivity contribution in [3.05, 3.63) is 40.6 Å². The van der Waals surface area contributed by atoms with Crippen molar-refractivity contribution in [1.29, 1.82) is 0 Å². The minimum atomic E-state index is -2.18. The molecular formula is C15H14F4N2O3. The van der Waals surface area contributed by atoms with Crippen LogP contribution < -0.4 is 10.2 Å². The molecule has 0 aromatic heterocycles. The molecule has 0 amide bonds. The van der Waals surface area contributed by atoms with Crippen molar-refractivity contribution in [2.45, 2.75) is 18.9 Å². The van der Waals surface area contributed by atoms with Crippen molar-refractivity contribution in [2.24, 2.45) is 0 Å². The fourth-order valence-electron chi connectivity index (χ4n) is 2.06. The molecular weight excluding hydrogens is 332 g/mol. The molecule has 0 atom stereocenters. The van der Waals surface area contributed by atoms with Gasteiger partial charge in [-0.15, -0.1) is 0 Å². The summed E-state index contributed by atoms with van der Waals surface area (Å²) < 4.78 is 54.9. The predicted octanol–water partition coefficient (Wildman–Crippen LogP) is 2.21. The highest BCUT2D eigenvalue weighted by Gasteiger charge is 2.33. The molecule has 1 aliphatic carbocycles. The molecule has 0 aliphatic heterocycles. The van der Waals surface area contributed by atoms with Crippen LogP contribution in [-0.2, 0) is 4.79 Å². The first-order valence-corrected chi connectivity index (χ1v) is 6.94. The van der Waals surface area contributed by atoms with Crippen LogP contribution in [0.1, 0.15) is 23.2 Å². The van der Waals surface area contributed by atoms with Gasteiger partial charge in [0.05, 0.1) is 11.3 Å². The Morgan fingerprint density at radius 2 is 1.62 bits per heavy atom. The van der Waals surface area contributed by atoms with E-state index in [4.69, 9.17) is 5.11 Å². The summed E-state index contributed by atoms with van der Waals surface area (Å²) in [5.41, 5.74) is -2.95. The molecule has 2 N–H and O–H groups in total. The summed E-state index contributed by atoms with van der Waals surface area (Å²) in [7, 11) is 2.36. The first-order valence-electron chi connectivity index (χ1n) is 6.94. The first-order chi connectivity index (χ1) is 11.2. The lowest BCUT2D eigenvalue weighted by atomic mass is 10.00. The fourth-order valence-corrected chi connectivity index (χ4v) is 2.06. The third-order valence-corrected chi connectivity index (χ3v) is 3.43. The van der Waals surface area contributed by atoms with Gasteiger partial charge in [0.15, 0.2) is 23.3 Å². The minimum absolute atomic E-state index is 0.00740. The number of carboxylic acid groups (broad SMARTS) is 1. The number of nitrogens with zero attached hydrogens (tertiary/aromatic N) is 1. The van der Waals surface area contributed by atoms with Crippen LogP contribution >= 0.6 is 0 Å². The van der Waals surface area contributed by atoms with Crippen molar-refractivity contribution < 1.29 is 32.3 Å². The predicted molar refractivity (Wildman–Crippen MR) is 76.8 cm³/mol. The van der Waals surface area contributed by atoms with E-state index in [1.807, 2.05) is 0 Å². The van der Waals surface area contributed by atoms with Gasteiger partial charge in [-0.2, -0.15) is 0 Å². The molecule has 0 saturated heterocycles. The number of ketones is 1. The lowest BCUT2D eigenvalue weighted by Crippen LogP contribution is -2.24. The molecule has 1 aliphatic rings. The highest BCUT2D eigenvalue weighted by molar-refractivity contribution is 6.25. The van der Waals surface area contributed by atoms with E-state index >= 15 is 0 Å². The third kappa shape index (κ3) is 3.19. The highest BCUT2D eigenvalue weighted by atomic mass is 19.2. The van der Waals surface area contributed by atoms with Gasteiger partial charge in [-0.25, -0.2) is 22.4 Å². The van der Waals surface area contributed by atoms with Crippen LogP contribution in [0.4, 0.5) is 23.2 Å². The standard InChI is InChI=1S/C15H14F4N2O3/c1-21(2)13-8(9(16)10(17)11(18)12(13)19)14(22)7(15(23)24)5-20-6-3-4-6/h5-6,20H,3-4H2,1-2H3,(H,23,24). The maximum atomic E-state index is 14.1. The van der Waals surface area contributed by atoms with Crippen LogP contribution in [0.15, 0.2) is 11.8 Å². The van der Waals surface area contributed by atoms with E-state index in [1.54, 1.807) is 0 Å². The number of halogens is 4. The summed E-state index contributed by atoms with van der Waals surface area (Å²) in [4.78, 5) is 24.5. The Kier molecular flexibility index (Phi) is 4.81. The highest BCUT2D eigenvalue weighted by Crippen LogP contribution is 2.32. The zero-order chi connectivity index (χ0) is 18.2. The number of carbonyl (C=O) groups excluding carboxylic acids is 1. The first kappa shape index (κ1) is 17.8. The average molecular weight is 346 g/mol. The molecule has 0 heterocycles. The lowest BCUT2D eigenvalue weighted by Gasteiger charge is -2.19. The van der Waals surface area contributed by atoms with E-state index in [-0.39, 0.29) is 6.04 Å². The molecule has 0 unspecified atom stereocenters. The smallest absolute Gasteiger partial charge is 0.341 e. The molecule has 0 radical (unpaired) electrons. The quantitative estimate of drug-likeness (QED) is 0.157. The second-order valence-corrected chi connectivity index (χ2v) is 5.51. The van der Waals surface area contributed by atoms with Crippen molar-refractivity contribution in [3.63, 3.8) is 0 Å². The Balaban J connectivity index is 2.62. The molecule has 9 heteroatoms. The zero-order valence-corrected chi connectivity index (χ0v) is 12.8. The fraction of sp³-hybridized carbons (Fsp3) is 0.333. The van der Waals surface area contributed by atoms with E-state index in [1.165, 1.54) is 14.1 Å². The van der Waals surface area contributed by atoms with Crippen LogP contribution in [0.2, 0.25) is 0 Å². The molecule has 130 valence electrons. The zero-order valence-electron chi connectivity index (χ0n) is 12.8. The summed E-state index contributed by atoms with van der Waals surface area (Å²) in [6, 6.07) is -0.00740. The Labute approximate surface area is 134 Å². The van der Waals surface area contributed by atoms with Gasteiger partial charge < -0.3 is 15.3 Å². The molecule has 0 bridgehead atoms. The van der Waals surface area contributed by atoms with Gasteiger partial charge in [0.1, 0.15) is 5.57 Å². The Morgan fingerprint density at radius 3 is 2.08 bits per heavy atom. The molecule has 24 heavy (non-hydrogen) atoms. The Hall–Kier alpha value is -2.58. The number of carboxylic acids is 1. The summed E-state index contributed by atoms with van der Waals surface area (Å²) >= 11 is 0. The van der Waals surface area contributed by atoms with Crippen LogP contribution in [0.3, 0.4) is 0 Å². The summed E-state index contributed by atoms with van der Waals surface area (Å²) in [6.07, 6.45) is 2.41. The second kappa shape index (κ2) is 6.50. The number of anilines is 1. The van der Waals surface area contributed by atoms with E-state index < -0.39 is 51.8 Å². The number of rotatable bonds is 6. The van der Waals surface area contributed by atoms with E-state index in [0.717, 1.165) is 23.9 Å². The molecule has 5 nitrogen and oxygen atoms in total. The molecule has 1 fully saturated rings. The van der Waals surface area contributed by atoms with Gasteiger partial charge in [-0.1, -0.05) is 0 Å². The Morgan fingerprint density at radius 1 is 1.08 bits per heavy atom. The van der Waals surface area contributed by atoms with Gasteiger partial charge in [0, 0.05) is 26.3 Å². The second-order valence-electron chi connectivity index (χ2n) is 5.51. The van der Waals surface area contributed by atoms with Crippen molar-refractivity contribution in [2.75, 3.05) is 19.0 Å². The van der Waals surface area contributed by atoms with Crippen molar-refractivity contribution in [3.8, 4) is 0 Å². The normalized spacial score (nSPS) is 14.5. The third-order valence-electron chi connectivity index (χ3n) is 3.43. The minimum Gasteiger partial charge on any atom is -0.477 e. The maximum absolute atomic E-state index is 14.1. The molecule has 0 spiro atoms. The summed E-state index contributed by atoms with van der Waals surface area (Å²) in [5.74, 6) is -11.1. The van der Waals surface area contributed by atoms with Crippen LogP contribution in [0.5, 0.6) is 0 Å². The number of Topliss-reactive ketones (excluding diaryl/α,β-unsaturated/α-hetero) is 1. The number of nitrogens with one attached hydrogen (secondary N) is 1. The van der Waals surface area contributed by atoms with Crippen LogP contribution in [-0.4, -0.2) is 37.0 Å². The van der Waals surface area contributed by atoms with Gasteiger partial charge >= 0.3 is 5.97 Å². The van der Waals surface area contributed by atoms with E-state index in [2.05, 4.69) is 5.32 Å². The van der Waals surface area contributed by atoms with Crippen molar-refractivity contribution >= 4 is 17.4 Å².